The number of anilines is 2. The van der Waals surface area contributed by atoms with E-state index in [1.165, 1.54) is 0 Å². The number of methoxy groups -OCH3 is 3. The molecule has 0 amide bonds. The number of phenolic OH excluding ortho intramolecular Hbond substituents is 1. The van der Waals surface area contributed by atoms with Gasteiger partial charge in [-0.1, -0.05) is 25.5 Å². The van der Waals surface area contributed by atoms with Crippen LogP contribution < -0.4 is 19.5 Å². The highest BCUT2D eigenvalue weighted by molar-refractivity contribution is 5.91. The Bertz CT molecular complexity index is 1280. The van der Waals surface area contributed by atoms with E-state index < -0.39 is 0 Å². The van der Waals surface area contributed by atoms with Gasteiger partial charge in [0.1, 0.15) is 16.8 Å². The van der Waals surface area contributed by atoms with E-state index in [1.807, 2.05) is 25.2 Å². The molecule has 2 heterocycles. The van der Waals surface area contributed by atoms with Crippen LogP contribution in [0.4, 0.5) is 11.5 Å². The van der Waals surface area contributed by atoms with Crippen molar-refractivity contribution in [1.82, 2.24) is 19.7 Å². The smallest absolute Gasteiger partial charge is 0.203 e. The Kier molecular flexibility index (Phi) is 6.21. The van der Waals surface area contributed by atoms with Crippen LogP contribution >= 0.6 is 0 Å². The van der Waals surface area contributed by atoms with Crippen LogP contribution in [0, 0.1) is 0 Å². The van der Waals surface area contributed by atoms with Crippen molar-refractivity contribution in [3.05, 3.63) is 42.1 Å². The van der Waals surface area contributed by atoms with Crippen LogP contribution in [0.3, 0.4) is 0 Å². The van der Waals surface area contributed by atoms with Crippen LogP contribution in [0.5, 0.6) is 23.0 Å². The number of para-hydroxylation sites is 2. The molecule has 0 radical (unpaired) electrons. The number of hydrogen-bond donors (Lipinski definition) is 2. The minimum Gasteiger partial charge on any atom is -0.506 e. The van der Waals surface area contributed by atoms with Crippen LogP contribution in [0.1, 0.15) is 19.0 Å². The Labute approximate surface area is 192 Å². The van der Waals surface area contributed by atoms with E-state index in [0.717, 1.165) is 29.6 Å². The zero-order valence-electron chi connectivity index (χ0n) is 19.3. The monoisotopic (exact) mass is 449 g/mol. The van der Waals surface area contributed by atoms with E-state index in [9.17, 15) is 5.11 Å². The average Bonchev–Trinajstić information content (AvgIpc) is 3.15. The van der Waals surface area contributed by atoms with Crippen LogP contribution in [0.15, 0.2) is 36.4 Å². The molecule has 0 aliphatic rings. The molecule has 0 unspecified atom stereocenters. The maximum Gasteiger partial charge on any atom is 0.203 e. The van der Waals surface area contributed by atoms with Gasteiger partial charge in [0.2, 0.25) is 5.75 Å². The Morgan fingerprint density at radius 1 is 1.00 bits per heavy atom. The second-order valence-corrected chi connectivity index (χ2v) is 7.47. The van der Waals surface area contributed by atoms with Crippen molar-refractivity contribution in [2.24, 2.45) is 7.05 Å². The summed E-state index contributed by atoms with van der Waals surface area (Å²) < 4.78 is 18.2. The van der Waals surface area contributed by atoms with Crippen molar-refractivity contribution >= 4 is 22.5 Å². The van der Waals surface area contributed by atoms with Gasteiger partial charge in [-0.05, 0) is 30.7 Å². The van der Waals surface area contributed by atoms with Crippen molar-refractivity contribution in [2.45, 2.75) is 19.8 Å². The molecule has 0 saturated heterocycles. The second kappa shape index (κ2) is 9.23. The molecule has 0 fully saturated rings. The maximum absolute atomic E-state index is 10.3. The average molecular weight is 450 g/mol. The number of fused-ring (bicyclic) bond motifs is 1. The summed E-state index contributed by atoms with van der Waals surface area (Å²) in [4.78, 5) is 9.67. The largest absolute Gasteiger partial charge is 0.506 e. The second-order valence-electron chi connectivity index (χ2n) is 7.47. The summed E-state index contributed by atoms with van der Waals surface area (Å²) in [6, 6.07) is 10.6. The number of aromatic hydroxyl groups is 1. The molecule has 0 aliphatic heterocycles. The normalized spacial score (nSPS) is 10.9. The van der Waals surface area contributed by atoms with Gasteiger partial charge in [-0.2, -0.15) is 5.10 Å². The zero-order chi connectivity index (χ0) is 23.5. The van der Waals surface area contributed by atoms with Crippen LogP contribution in [-0.2, 0) is 13.5 Å². The van der Waals surface area contributed by atoms with Gasteiger partial charge in [0.15, 0.2) is 23.1 Å². The van der Waals surface area contributed by atoms with E-state index in [2.05, 4.69) is 17.3 Å². The highest BCUT2D eigenvalue weighted by Crippen LogP contribution is 2.41. The van der Waals surface area contributed by atoms with Crippen molar-refractivity contribution in [2.75, 3.05) is 26.6 Å². The third-order valence-electron chi connectivity index (χ3n) is 5.32. The number of aryl methyl sites for hydroxylation is 2. The van der Waals surface area contributed by atoms with Crippen molar-refractivity contribution in [3.63, 3.8) is 0 Å². The highest BCUT2D eigenvalue weighted by atomic mass is 16.5. The summed E-state index contributed by atoms with van der Waals surface area (Å²) >= 11 is 0. The lowest BCUT2D eigenvalue weighted by Gasteiger charge is -2.15. The lowest BCUT2D eigenvalue weighted by molar-refractivity contribution is 0.324. The zero-order valence-corrected chi connectivity index (χ0v) is 19.3. The first-order valence-corrected chi connectivity index (χ1v) is 10.6. The van der Waals surface area contributed by atoms with Gasteiger partial charge in [0.25, 0.3) is 0 Å². The standard InChI is InChI=1S/C24H27N5O4/c1-6-9-16-20-21(29(2)28-16)24(25-15-10-7-8-11-17(15)30)27-23(26-20)14-12-18(31-3)22(33-5)19(13-14)32-4/h7-8,10-13,30H,6,9H2,1-5H3,(H,25,26,27). The Morgan fingerprint density at radius 2 is 1.70 bits per heavy atom. The molecule has 9 heteroatoms. The predicted octanol–water partition coefficient (Wildman–Crippen LogP) is 4.46. The lowest BCUT2D eigenvalue weighted by atomic mass is 10.1. The molecule has 0 atom stereocenters. The molecule has 9 nitrogen and oxygen atoms in total. The van der Waals surface area contributed by atoms with Crippen molar-refractivity contribution < 1.29 is 19.3 Å². The number of rotatable bonds is 8. The quantitative estimate of drug-likeness (QED) is 0.380. The van der Waals surface area contributed by atoms with Gasteiger partial charge >= 0.3 is 0 Å². The summed E-state index contributed by atoms with van der Waals surface area (Å²) in [5, 5.41) is 18.2. The molecule has 2 aromatic heterocycles. The molecule has 0 aliphatic carbocycles. The first-order chi connectivity index (χ1) is 16.0. The maximum atomic E-state index is 10.3. The fourth-order valence-corrected chi connectivity index (χ4v) is 3.78. The Balaban J connectivity index is 1.96. The van der Waals surface area contributed by atoms with Gasteiger partial charge in [-0.15, -0.1) is 0 Å². The fourth-order valence-electron chi connectivity index (χ4n) is 3.78. The Hall–Kier alpha value is -4.01. The van der Waals surface area contributed by atoms with E-state index in [4.69, 9.17) is 24.2 Å². The first-order valence-electron chi connectivity index (χ1n) is 10.6. The number of aromatic nitrogens is 4. The van der Waals surface area contributed by atoms with E-state index >= 15 is 0 Å². The third-order valence-corrected chi connectivity index (χ3v) is 5.32. The van der Waals surface area contributed by atoms with Crippen LogP contribution in [0.2, 0.25) is 0 Å². The predicted molar refractivity (Wildman–Crippen MR) is 127 cm³/mol. The van der Waals surface area contributed by atoms with Gasteiger partial charge in [-0.25, -0.2) is 9.97 Å². The number of ether oxygens (including phenoxy) is 3. The number of benzene rings is 2. The molecule has 172 valence electrons. The fraction of sp³-hybridized carbons (Fsp3) is 0.292. The summed E-state index contributed by atoms with van der Waals surface area (Å²) in [6.07, 6.45) is 1.71. The topological polar surface area (TPSA) is 104 Å². The molecule has 0 spiro atoms. The molecule has 0 saturated carbocycles. The summed E-state index contributed by atoms with van der Waals surface area (Å²) in [7, 11) is 6.55. The number of hydrogen-bond acceptors (Lipinski definition) is 8. The van der Waals surface area contributed by atoms with Crippen LogP contribution in [-0.4, -0.2) is 46.2 Å². The molecular formula is C24H27N5O4. The summed E-state index contributed by atoms with van der Waals surface area (Å²) in [5.74, 6) is 2.61. The molecule has 4 rings (SSSR count). The molecule has 0 bridgehead atoms. The number of phenols is 1. The summed E-state index contributed by atoms with van der Waals surface area (Å²) in [5.41, 5.74) is 3.60. The van der Waals surface area contributed by atoms with Gasteiger partial charge in [0, 0.05) is 12.6 Å². The van der Waals surface area contributed by atoms with E-state index in [0.29, 0.717) is 40.1 Å². The highest BCUT2D eigenvalue weighted by Gasteiger charge is 2.21. The minimum atomic E-state index is 0.120. The Morgan fingerprint density at radius 3 is 2.30 bits per heavy atom. The van der Waals surface area contributed by atoms with E-state index in [-0.39, 0.29) is 5.75 Å². The van der Waals surface area contributed by atoms with Crippen molar-refractivity contribution in [3.8, 4) is 34.4 Å². The van der Waals surface area contributed by atoms with Crippen molar-refractivity contribution in [1.29, 1.82) is 0 Å². The molecule has 4 aromatic rings. The molecular weight excluding hydrogens is 422 g/mol. The van der Waals surface area contributed by atoms with Gasteiger partial charge in [-0.3, -0.25) is 4.68 Å². The molecule has 33 heavy (non-hydrogen) atoms. The summed E-state index contributed by atoms with van der Waals surface area (Å²) in [6.45, 7) is 2.10. The van der Waals surface area contributed by atoms with Gasteiger partial charge < -0.3 is 24.6 Å². The third kappa shape index (κ3) is 4.09. The van der Waals surface area contributed by atoms with Gasteiger partial charge in [0.05, 0.1) is 32.7 Å². The van der Waals surface area contributed by atoms with E-state index in [1.54, 1.807) is 44.2 Å². The lowest BCUT2D eigenvalue weighted by Crippen LogP contribution is -2.03. The molecule has 2 aromatic carbocycles. The molecule has 2 N–H and O–H groups in total. The SMILES string of the molecule is CCCc1nn(C)c2c(Nc3ccccc3O)nc(-c3cc(OC)c(OC)c(OC)c3)nc12. The number of nitrogens with one attached hydrogen (secondary N) is 1. The number of nitrogens with zero attached hydrogens (tertiary/aromatic N) is 4. The first kappa shape index (κ1) is 22.2. The minimum absolute atomic E-state index is 0.120. The van der Waals surface area contributed by atoms with Crippen LogP contribution in [0.25, 0.3) is 22.4 Å².